The zero-order valence-electron chi connectivity index (χ0n) is 25.6. The lowest BCUT2D eigenvalue weighted by Crippen LogP contribution is -2.28. The summed E-state index contributed by atoms with van der Waals surface area (Å²) in [6.07, 6.45) is 6.64. The second-order valence-corrected chi connectivity index (χ2v) is 10.2. The number of piperidine rings is 1. The molecule has 1 fully saturated rings. The van der Waals surface area contributed by atoms with Gasteiger partial charge in [-0.3, -0.25) is 0 Å². The number of fused-ring (bicyclic) bond motifs is 1. The number of aromatic nitrogens is 2. The highest BCUT2D eigenvalue weighted by Crippen LogP contribution is 2.36. The molecule has 2 aromatic rings. The van der Waals surface area contributed by atoms with Crippen LogP contribution in [0.2, 0.25) is 0 Å². The van der Waals surface area contributed by atoms with Crippen molar-refractivity contribution in [3.8, 4) is 11.5 Å². The fourth-order valence-electron chi connectivity index (χ4n) is 5.35. The van der Waals surface area contributed by atoms with Gasteiger partial charge >= 0.3 is 0 Å². The first kappa shape index (κ1) is 39.0. The van der Waals surface area contributed by atoms with Gasteiger partial charge in [-0.25, -0.2) is 4.98 Å². The Hall–Kier alpha value is -0.960. The fourth-order valence-corrected chi connectivity index (χ4v) is 5.35. The number of ether oxygens (including phenoxy) is 2. The van der Waals surface area contributed by atoms with Gasteiger partial charge in [-0.2, -0.15) is 0 Å². The van der Waals surface area contributed by atoms with Crippen molar-refractivity contribution in [2.45, 2.75) is 85.6 Å². The van der Waals surface area contributed by atoms with E-state index in [1.54, 1.807) is 0 Å². The molecule has 0 bridgehead atoms. The van der Waals surface area contributed by atoms with Gasteiger partial charge in [-0.15, -0.1) is 37.2 Å². The molecule has 1 saturated heterocycles. The number of aryl methyl sites for hydroxylation is 1. The van der Waals surface area contributed by atoms with Crippen molar-refractivity contribution >= 4 is 48.3 Å². The van der Waals surface area contributed by atoms with Crippen LogP contribution < -0.4 is 14.8 Å². The van der Waals surface area contributed by atoms with Crippen molar-refractivity contribution in [2.75, 3.05) is 65.6 Å². The van der Waals surface area contributed by atoms with Gasteiger partial charge in [0.1, 0.15) is 17.1 Å². The maximum absolute atomic E-state index is 6.44. The number of halogens is 3. The molecule has 0 amide bonds. The maximum atomic E-state index is 6.44. The summed E-state index contributed by atoms with van der Waals surface area (Å²) < 4.78 is 15.2. The summed E-state index contributed by atoms with van der Waals surface area (Å²) in [4.78, 5) is 10.1. The van der Waals surface area contributed by atoms with E-state index in [1.807, 2.05) is 0 Å². The average Bonchev–Trinajstić information content (AvgIpc) is 3.31. The molecule has 3 rings (SSSR count). The van der Waals surface area contributed by atoms with Crippen molar-refractivity contribution in [1.82, 2.24) is 24.7 Å². The lowest BCUT2D eigenvalue weighted by atomic mass is 9.97. The average molecular weight is 625 g/mol. The molecular formula is C30H56Cl3N5O2. The van der Waals surface area contributed by atoms with Crippen molar-refractivity contribution in [1.29, 1.82) is 0 Å². The van der Waals surface area contributed by atoms with Gasteiger partial charge in [0, 0.05) is 37.7 Å². The molecule has 40 heavy (non-hydrogen) atoms. The largest absolute Gasteiger partial charge is 0.493 e. The normalized spacial score (nSPS) is 13.7. The van der Waals surface area contributed by atoms with Crippen molar-refractivity contribution < 1.29 is 9.47 Å². The molecule has 0 unspecified atom stereocenters. The Morgan fingerprint density at radius 3 is 1.95 bits per heavy atom. The predicted octanol–water partition coefficient (Wildman–Crippen LogP) is 6.79. The minimum absolute atomic E-state index is 0. The molecule has 2 heterocycles. The van der Waals surface area contributed by atoms with Crippen LogP contribution in [-0.4, -0.2) is 84.9 Å². The number of imidazole rings is 1. The summed E-state index contributed by atoms with van der Waals surface area (Å²) in [5, 5.41) is 3.51. The smallest absolute Gasteiger partial charge is 0.150 e. The van der Waals surface area contributed by atoms with E-state index in [0.29, 0.717) is 19.1 Å². The van der Waals surface area contributed by atoms with E-state index >= 15 is 0 Å². The number of unbranched alkanes of at least 4 members (excludes halogenated alkanes) is 1. The van der Waals surface area contributed by atoms with Gasteiger partial charge in [0.25, 0.3) is 0 Å². The molecule has 10 heteroatoms. The number of nitrogens with zero attached hydrogens (tertiary/aromatic N) is 4. The quantitative estimate of drug-likeness (QED) is 0.184. The van der Waals surface area contributed by atoms with Gasteiger partial charge in [0.05, 0.1) is 18.7 Å². The number of hydrogen-bond acceptors (Lipinski definition) is 6. The Morgan fingerprint density at radius 2 is 1.40 bits per heavy atom. The van der Waals surface area contributed by atoms with E-state index in [1.165, 1.54) is 17.8 Å². The standard InChI is InChI=1S/C30H53N5O2.3ClH/c1-6-11-20-35-27-23-26(36-21-12-18-33(7-2)8-3)24-28(37-22-13-19-34(9-4)10-5)29(27)32-30(35)25-14-16-31-17-15-25;;;/h23-25,31H,6-22H2,1-5H3;3*1H. The van der Waals surface area contributed by atoms with E-state index in [9.17, 15) is 0 Å². The summed E-state index contributed by atoms with van der Waals surface area (Å²) in [5.74, 6) is 3.51. The zero-order valence-corrected chi connectivity index (χ0v) is 28.0. The van der Waals surface area contributed by atoms with Crippen LogP contribution in [0.5, 0.6) is 11.5 Å². The van der Waals surface area contributed by atoms with Gasteiger partial charge in [0.15, 0.2) is 5.75 Å². The molecule has 1 N–H and O–H groups in total. The monoisotopic (exact) mass is 623 g/mol. The minimum Gasteiger partial charge on any atom is -0.493 e. The van der Waals surface area contributed by atoms with Crippen LogP contribution in [-0.2, 0) is 6.54 Å². The summed E-state index contributed by atoms with van der Waals surface area (Å²) in [6.45, 7) is 22.2. The van der Waals surface area contributed by atoms with E-state index in [0.717, 1.165) is 108 Å². The summed E-state index contributed by atoms with van der Waals surface area (Å²) in [7, 11) is 0. The third-order valence-electron chi connectivity index (χ3n) is 7.81. The Kier molecular flexibility index (Phi) is 21.2. The van der Waals surface area contributed by atoms with Crippen LogP contribution in [0.4, 0.5) is 0 Å². The van der Waals surface area contributed by atoms with Crippen LogP contribution in [0, 0.1) is 0 Å². The van der Waals surface area contributed by atoms with Gasteiger partial charge in [-0.05, 0) is 71.4 Å². The molecule has 234 valence electrons. The van der Waals surface area contributed by atoms with Crippen LogP contribution in [0.15, 0.2) is 12.1 Å². The maximum Gasteiger partial charge on any atom is 0.150 e. The zero-order chi connectivity index (χ0) is 26.5. The van der Waals surface area contributed by atoms with Gasteiger partial charge < -0.3 is 29.2 Å². The second kappa shape index (κ2) is 21.7. The molecule has 1 aliphatic heterocycles. The van der Waals surface area contributed by atoms with Crippen LogP contribution in [0.3, 0.4) is 0 Å². The Balaban J connectivity index is 0.00000507. The van der Waals surface area contributed by atoms with Crippen LogP contribution >= 0.6 is 37.2 Å². The second-order valence-electron chi connectivity index (χ2n) is 10.2. The first-order chi connectivity index (χ1) is 18.1. The van der Waals surface area contributed by atoms with Crippen LogP contribution in [0.1, 0.15) is 84.9 Å². The summed E-state index contributed by atoms with van der Waals surface area (Å²) in [6, 6.07) is 4.29. The highest BCUT2D eigenvalue weighted by Gasteiger charge is 2.24. The molecule has 1 aliphatic rings. The molecule has 1 aromatic carbocycles. The van der Waals surface area contributed by atoms with Gasteiger partial charge in [0.2, 0.25) is 0 Å². The molecule has 0 saturated carbocycles. The minimum atomic E-state index is 0. The summed E-state index contributed by atoms with van der Waals surface area (Å²) in [5.41, 5.74) is 2.17. The van der Waals surface area contributed by atoms with E-state index in [-0.39, 0.29) is 37.2 Å². The molecule has 0 radical (unpaired) electrons. The fraction of sp³-hybridized carbons (Fsp3) is 0.767. The highest BCUT2D eigenvalue weighted by molar-refractivity contribution is 5.86. The predicted molar refractivity (Wildman–Crippen MR) is 177 cm³/mol. The third-order valence-corrected chi connectivity index (χ3v) is 7.81. The van der Waals surface area contributed by atoms with E-state index in [2.05, 4.69) is 66.4 Å². The first-order valence-corrected chi connectivity index (χ1v) is 15.1. The Labute approximate surface area is 262 Å². The lowest BCUT2D eigenvalue weighted by molar-refractivity contribution is 0.243. The lowest BCUT2D eigenvalue weighted by Gasteiger charge is -2.23. The summed E-state index contributed by atoms with van der Waals surface area (Å²) >= 11 is 0. The van der Waals surface area contributed by atoms with E-state index < -0.39 is 0 Å². The Morgan fingerprint density at radius 1 is 0.825 bits per heavy atom. The number of hydrogen-bond donors (Lipinski definition) is 1. The highest BCUT2D eigenvalue weighted by atomic mass is 35.5. The molecule has 1 aromatic heterocycles. The topological polar surface area (TPSA) is 54.8 Å². The third kappa shape index (κ3) is 11.4. The number of nitrogens with one attached hydrogen (secondary N) is 1. The van der Waals surface area contributed by atoms with Crippen molar-refractivity contribution in [2.24, 2.45) is 0 Å². The van der Waals surface area contributed by atoms with E-state index in [4.69, 9.17) is 14.5 Å². The SMILES string of the molecule is CCCCn1c(C2CCNCC2)nc2c(OCCCN(CC)CC)cc(OCCCN(CC)CC)cc21.Cl.Cl.Cl. The van der Waals surface area contributed by atoms with Crippen molar-refractivity contribution in [3.05, 3.63) is 18.0 Å². The van der Waals surface area contributed by atoms with Crippen molar-refractivity contribution in [3.63, 3.8) is 0 Å². The van der Waals surface area contributed by atoms with Crippen LogP contribution in [0.25, 0.3) is 11.0 Å². The molecular weight excluding hydrogens is 569 g/mol. The molecule has 0 aliphatic carbocycles. The molecule has 0 atom stereocenters. The first-order valence-electron chi connectivity index (χ1n) is 15.1. The van der Waals surface area contributed by atoms with Gasteiger partial charge in [-0.1, -0.05) is 41.0 Å². The molecule has 7 nitrogen and oxygen atoms in total. The number of rotatable bonds is 18. The Bertz CT molecular complexity index is 916. The molecule has 0 spiro atoms. The number of benzene rings is 1.